The summed E-state index contributed by atoms with van der Waals surface area (Å²) >= 11 is 1.41. The van der Waals surface area contributed by atoms with E-state index in [2.05, 4.69) is 16.0 Å². The fourth-order valence-corrected chi connectivity index (χ4v) is 2.81. The molecule has 3 N–H and O–H groups in total. The van der Waals surface area contributed by atoms with E-state index in [-0.39, 0.29) is 43.8 Å². The van der Waals surface area contributed by atoms with E-state index in [1.54, 1.807) is 28.1 Å². The second kappa shape index (κ2) is 18.8. The van der Waals surface area contributed by atoms with Crippen molar-refractivity contribution in [3.63, 3.8) is 0 Å². The predicted molar refractivity (Wildman–Crippen MR) is 116 cm³/mol. The molecule has 0 rings (SSSR count). The molecule has 0 aromatic rings. The normalized spacial score (nSPS) is 11.6. The molecule has 0 aromatic carbocycles. The first kappa shape index (κ1) is 29.1. The van der Waals surface area contributed by atoms with Crippen molar-refractivity contribution in [1.82, 2.24) is 16.0 Å². The number of rotatable bonds is 18. The largest absolute Gasteiger partial charge is 0.447 e. The van der Waals surface area contributed by atoms with Gasteiger partial charge in [-0.3, -0.25) is 14.4 Å². The topological polar surface area (TPSA) is 141 Å². The van der Waals surface area contributed by atoms with E-state index in [0.717, 1.165) is 0 Å². The van der Waals surface area contributed by atoms with Crippen LogP contribution < -0.4 is 16.0 Å². The molecule has 0 saturated carbocycles. The fourth-order valence-electron chi connectivity index (χ4n) is 1.89. The van der Waals surface area contributed by atoms with Crippen molar-refractivity contribution in [2.75, 3.05) is 71.8 Å². The van der Waals surface area contributed by atoms with Gasteiger partial charge in [-0.15, -0.1) is 0 Å². The summed E-state index contributed by atoms with van der Waals surface area (Å²) in [6, 6.07) is -0.908. The van der Waals surface area contributed by atoms with Gasteiger partial charge in [0, 0.05) is 31.6 Å². The zero-order valence-electron chi connectivity index (χ0n) is 18.7. The molecule has 12 heteroatoms. The van der Waals surface area contributed by atoms with Crippen molar-refractivity contribution in [3.05, 3.63) is 0 Å². The number of thioether (sulfide) groups is 1. The molecule has 1 atom stereocenters. The van der Waals surface area contributed by atoms with Crippen molar-refractivity contribution in [1.29, 1.82) is 0 Å². The van der Waals surface area contributed by atoms with Crippen molar-refractivity contribution in [2.24, 2.45) is 5.92 Å². The lowest BCUT2D eigenvalue weighted by atomic mass is 10.1. The highest BCUT2D eigenvalue weighted by molar-refractivity contribution is 7.99. The van der Waals surface area contributed by atoms with Crippen LogP contribution in [0.2, 0.25) is 0 Å². The standard InChI is InChI=1S/C19H35N3O8S/c1-14(2)16(23)11-20-17(24)12-21-18(25)15(13-31-10-9-28-4)22-19(26)30-8-7-29-6-5-27-3/h14-15H,5-13H2,1-4H3,(H,20,24)(H,21,25)(H,22,26). The maximum absolute atomic E-state index is 12.4. The number of methoxy groups -OCH3 is 2. The summed E-state index contributed by atoms with van der Waals surface area (Å²) in [7, 11) is 3.12. The fraction of sp³-hybridized carbons (Fsp3) is 0.789. The molecule has 11 nitrogen and oxygen atoms in total. The lowest BCUT2D eigenvalue weighted by Crippen LogP contribution is -2.50. The Balaban J connectivity index is 4.45. The number of hydrogen-bond acceptors (Lipinski definition) is 9. The molecule has 1 unspecified atom stereocenters. The second-order valence-corrected chi connectivity index (χ2v) is 7.77. The van der Waals surface area contributed by atoms with Gasteiger partial charge >= 0.3 is 6.09 Å². The van der Waals surface area contributed by atoms with E-state index in [0.29, 0.717) is 25.6 Å². The molecular formula is C19H35N3O8S. The van der Waals surface area contributed by atoms with E-state index < -0.39 is 23.9 Å². The van der Waals surface area contributed by atoms with Gasteiger partial charge in [0.2, 0.25) is 11.8 Å². The Morgan fingerprint density at radius 3 is 2.19 bits per heavy atom. The van der Waals surface area contributed by atoms with Crippen molar-refractivity contribution >= 4 is 35.5 Å². The van der Waals surface area contributed by atoms with Gasteiger partial charge in [0.25, 0.3) is 0 Å². The van der Waals surface area contributed by atoms with E-state index in [1.165, 1.54) is 11.8 Å². The minimum atomic E-state index is -0.908. The van der Waals surface area contributed by atoms with Crippen LogP contribution in [0.3, 0.4) is 0 Å². The summed E-state index contributed by atoms with van der Waals surface area (Å²) in [6.07, 6.45) is -0.769. The van der Waals surface area contributed by atoms with Gasteiger partial charge in [-0.2, -0.15) is 11.8 Å². The zero-order chi connectivity index (χ0) is 23.5. The van der Waals surface area contributed by atoms with Crippen LogP contribution >= 0.6 is 11.8 Å². The van der Waals surface area contributed by atoms with Crippen LogP contribution in [0.5, 0.6) is 0 Å². The summed E-state index contributed by atoms with van der Waals surface area (Å²) in [5.41, 5.74) is 0. The number of hydrogen-bond donors (Lipinski definition) is 3. The summed E-state index contributed by atoms with van der Waals surface area (Å²) in [4.78, 5) is 47.8. The first-order valence-electron chi connectivity index (χ1n) is 9.95. The van der Waals surface area contributed by atoms with E-state index in [1.807, 2.05) is 0 Å². The number of alkyl carbamates (subject to hydrolysis) is 1. The molecule has 0 fully saturated rings. The third-order valence-corrected chi connectivity index (χ3v) is 4.77. The number of carbonyl (C=O) groups excluding carboxylic acids is 4. The summed E-state index contributed by atoms with van der Waals surface area (Å²) < 4.78 is 20.0. The molecule has 0 aromatic heterocycles. The molecule has 0 heterocycles. The smallest absolute Gasteiger partial charge is 0.407 e. The second-order valence-electron chi connectivity index (χ2n) is 6.62. The molecular weight excluding hydrogens is 430 g/mol. The molecule has 0 bridgehead atoms. The number of carbonyl (C=O) groups is 4. The Morgan fingerprint density at radius 1 is 0.871 bits per heavy atom. The average Bonchev–Trinajstić information content (AvgIpc) is 2.74. The van der Waals surface area contributed by atoms with Crippen LogP contribution in [-0.2, 0) is 33.3 Å². The molecule has 31 heavy (non-hydrogen) atoms. The van der Waals surface area contributed by atoms with Gasteiger partial charge in [0.15, 0.2) is 5.78 Å². The quantitative estimate of drug-likeness (QED) is 0.230. The molecule has 0 spiro atoms. The lowest BCUT2D eigenvalue weighted by Gasteiger charge is -2.18. The maximum atomic E-state index is 12.4. The van der Waals surface area contributed by atoms with Crippen molar-refractivity contribution < 1.29 is 38.1 Å². The molecule has 0 aliphatic heterocycles. The Morgan fingerprint density at radius 2 is 1.55 bits per heavy atom. The Labute approximate surface area is 187 Å². The van der Waals surface area contributed by atoms with Crippen LogP contribution in [0, 0.1) is 5.92 Å². The van der Waals surface area contributed by atoms with E-state index in [9.17, 15) is 19.2 Å². The summed E-state index contributed by atoms with van der Waals surface area (Å²) in [5.74, 6) is -0.441. The number of nitrogens with one attached hydrogen (secondary N) is 3. The molecule has 0 aliphatic rings. The summed E-state index contributed by atoms with van der Waals surface area (Å²) in [5, 5.41) is 7.39. The zero-order valence-corrected chi connectivity index (χ0v) is 19.5. The SMILES string of the molecule is COCCOCCOC(=O)NC(CSCCOC)C(=O)NCC(=O)NCC(=O)C(C)C. The highest BCUT2D eigenvalue weighted by Crippen LogP contribution is 2.04. The maximum Gasteiger partial charge on any atom is 0.407 e. The number of ketones is 1. The molecule has 180 valence electrons. The molecule has 0 aliphatic carbocycles. The van der Waals surface area contributed by atoms with E-state index in [4.69, 9.17) is 18.9 Å². The lowest BCUT2D eigenvalue weighted by molar-refractivity contribution is -0.128. The number of ether oxygens (including phenoxy) is 4. The molecule has 0 saturated heterocycles. The minimum Gasteiger partial charge on any atom is -0.447 e. The Bertz CT molecular complexity index is 548. The highest BCUT2D eigenvalue weighted by Gasteiger charge is 2.22. The predicted octanol–water partition coefficient (Wildman–Crippen LogP) is -0.419. The molecule has 3 amide bonds. The third-order valence-electron chi connectivity index (χ3n) is 3.74. The van der Waals surface area contributed by atoms with Crippen LogP contribution in [0.1, 0.15) is 13.8 Å². The first-order chi connectivity index (χ1) is 14.8. The number of amides is 3. The highest BCUT2D eigenvalue weighted by atomic mass is 32.2. The van der Waals surface area contributed by atoms with Crippen LogP contribution in [0.4, 0.5) is 4.79 Å². The molecule has 0 radical (unpaired) electrons. The average molecular weight is 466 g/mol. The summed E-state index contributed by atoms with van der Waals surface area (Å²) in [6.45, 7) is 4.59. The third kappa shape index (κ3) is 16.5. The van der Waals surface area contributed by atoms with Gasteiger partial charge in [-0.25, -0.2) is 4.79 Å². The van der Waals surface area contributed by atoms with Gasteiger partial charge in [0.05, 0.1) is 39.5 Å². The first-order valence-corrected chi connectivity index (χ1v) is 11.1. The van der Waals surface area contributed by atoms with Crippen molar-refractivity contribution in [3.8, 4) is 0 Å². The minimum absolute atomic E-state index is 0.0208. The number of Topliss-reactive ketones (excluding diaryl/α,β-unsaturated/α-hetero) is 1. The van der Waals surface area contributed by atoms with Gasteiger partial charge < -0.3 is 34.9 Å². The van der Waals surface area contributed by atoms with Gasteiger partial charge in [0.1, 0.15) is 12.6 Å². The van der Waals surface area contributed by atoms with Crippen LogP contribution in [-0.4, -0.2) is 102 Å². The monoisotopic (exact) mass is 465 g/mol. The Kier molecular flexibility index (Phi) is 17.7. The Hall–Kier alpha value is -1.89. The van der Waals surface area contributed by atoms with Crippen LogP contribution in [0.25, 0.3) is 0 Å². The van der Waals surface area contributed by atoms with Gasteiger partial charge in [-0.05, 0) is 0 Å². The van der Waals surface area contributed by atoms with Gasteiger partial charge in [-0.1, -0.05) is 13.8 Å². The van der Waals surface area contributed by atoms with Crippen molar-refractivity contribution in [2.45, 2.75) is 19.9 Å². The van der Waals surface area contributed by atoms with E-state index >= 15 is 0 Å². The van der Waals surface area contributed by atoms with Crippen LogP contribution in [0.15, 0.2) is 0 Å².